The van der Waals surface area contributed by atoms with Crippen molar-refractivity contribution in [1.29, 1.82) is 0 Å². The molecule has 0 radical (unpaired) electrons. The van der Waals surface area contributed by atoms with Crippen LogP contribution in [0.15, 0.2) is 60.8 Å². The molecule has 0 bridgehead atoms. The summed E-state index contributed by atoms with van der Waals surface area (Å²) in [7, 11) is 0. The number of carbonyl (C=O) groups is 1. The van der Waals surface area contributed by atoms with Crippen LogP contribution in [0.5, 0.6) is 0 Å². The second-order valence-electron chi connectivity index (χ2n) is 7.35. The number of nitrogens with zero attached hydrogens (tertiary/aromatic N) is 2. The van der Waals surface area contributed by atoms with Gasteiger partial charge >= 0.3 is 0 Å². The van der Waals surface area contributed by atoms with Crippen LogP contribution >= 0.6 is 0 Å². The Labute approximate surface area is 165 Å². The lowest BCUT2D eigenvalue weighted by atomic mass is 10.1. The van der Waals surface area contributed by atoms with Gasteiger partial charge in [-0.2, -0.15) is 0 Å². The average molecular weight is 377 g/mol. The molecular formula is C23H27N3O2. The number of benzene rings is 2. The number of anilines is 1. The second kappa shape index (κ2) is 8.59. The van der Waals surface area contributed by atoms with E-state index in [9.17, 15) is 4.79 Å². The normalized spacial score (nSPS) is 17.7. The molecule has 4 rings (SSSR count). The van der Waals surface area contributed by atoms with Crippen LogP contribution in [0.1, 0.15) is 18.9 Å². The predicted octanol–water partition coefficient (Wildman–Crippen LogP) is 3.89. The van der Waals surface area contributed by atoms with Crippen LogP contribution in [0.4, 0.5) is 5.69 Å². The molecule has 5 nitrogen and oxygen atoms in total. The zero-order chi connectivity index (χ0) is 19.3. The molecule has 1 amide bonds. The lowest BCUT2D eigenvalue weighted by Crippen LogP contribution is -2.47. The molecule has 0 aliphatic carbocycles. The average Bonchev–Trinajstić information content (AvgIpc) is 3.11. The van der Waals surface area contributed by atoms with E-state index in [0.717, 1.165) is 37.1 Å². The smallest absolute Gasteiger partial charge is 0.254 e. The first-order valence-electron chi connectivity index (χ1n) is 10.0. The summed E-state index contributed by atoms with van der Waals surface area (Å²) in [6.45, 7) is 6.04. The third-order valence-corrected chi connectivity index (χ3v) is 5.20. The van der Waals surface area contributed by atoms with E-state index in [1.54, 1.807) is 0 Å². The highest BCUT2D eigenvalue weighted by atomic mass is 16.5. The van der Waals surface area contributed by atoms with Crippen molar-refractivity contribution in [3.63, 3.8) is 0 Å². The van der Waals surface area contributed by atoms with Crippen molar-refractivity contribution in [3.05, 3.63) is 66.4 Å². The highest BCUT2D eigenvalue weighted by Gasteiger charge is 2.26. The van der Waals surface area contributed by atoms with Crippen molar-refractivity contribution in [2.45, 2.75) is 32.5 Å². The van der Waals surface area contributed by atoms with Gasteiger partial charge in [-0.05, 0) is 36.2 Å². The van der Waals surface area contributed by atoms with Crippen molar-refractivity contribution < 1.29 is 9.53 Å². The Morgan fingerprint density at radius 2 is 2.04 bits per heavy atom. The molecule has 0 spiro atoms. The maximum atomic E-state index is 12.7. The maximum Gasteiger partial charge on any atom is 0.254 e. The zero-order valence-corrected chi connectivity index (χ0v) is 16.3. The quantitative estimate of drug-likeness (QED) is 0.709. The standard InChI is InChI=1S/C23H27N3O2/c1-2-11-26-12-10-19-15-20(8-9-21(19)26)24-23(27)22-17-25(13-14-28-22)16-18-6-4-3-5-7-18/h3-10,12,15,22H,2,11,13-14,16-17H2,1H3,(H,24,27). The van der Waals surface area contributed by atoms with Gasteiger partial charge in [-0.25, -0.2) is 0 Å². The minimum absolute atomic E-state index is 0.0786. The van der Waals surface area contributed by atoms with Crippen molar-refractivity contribution in [2.75, 3.05) is 25.0 Å². The molecule has 1 aromatic heterocycles. The van der Waals surface area contributed by atoms with Crippen molar-refractivity contribution in [1.82, 2.24) is 9.47 Å². The van der Waals surface area contributed by atoms with Gasteiger partial charge in [0.1, 0.15) is 6.10 Å². The van der Waals surface area contributed by atoms with E-state index in [1.807, 2.05) is 30.3 Å². The molecule has 3 aromatic rings. The van der Waals surface area contributed by atoms with Crippen LogP contribution in [0.25, 0.3) is 10.9 Å². The fourth-order valence-corrected chi connectivity index (χ4v) is 3.78. The Kier molecular flexibility index (Phi) is 5.74. The third kappa shape index (κ3) is 4.26. The molecule has 1 fully saturated rings. The number of hydrogen-bond acceptors (Lipinski definition) is 3. The predicted molar refractivity (Wildman–Crippen MR) is 112 cm³/mol. The van der Waals surface area contributed by atoms with Crippen LogP contribution < -0.4 is 5.32 Å². The zero-order valence-electron chi connectivity index (χ0n) is 16.3. The van der Waals surface area contributed by atoms with Crippen LogP contribution in [0.3, 0.4) is 0 Å². The number of morpholine rings is 1. The van der Waals surface area contributed by atoms with Gasteiger partial charge in [-0.15, -0.1) is 0 Å². The van der Waals surface area contributed by atoms with Crippen LogP contribution in [-0.4, -0.2) is 41.2 Å². The summed E-state index contributed by atoms with van der Waals surface area (Å²) in [5.74, 6) is -0.0786. The summed E-state index contributed by atoms with van der Waals surface area (Å²) in [5.41, 5.74) is 3.27. The van der Waals surface area contributed by atoms with Gasteiger partial charge in [0.15, 0.2) is 0 Å². The van der Waals surface area contributed by atoms with E-state index in [2.05, 4.69) is 52.2 Å². The number of nitrogens with one attached hydrogen (secondary N) is 1. The number of aryl methyl sites for hydroxylation is 1. The van der Waals surface area contributed by atoms with Crippen LogP contribution in [0.2, 0.25) is 0 Å². The molecular weight excluding hydrogens is 350 g/mol. The summed E-state index contributed by atoms with van der Waals surface area (Å²) < 4.78 is 7.99. The Hall–Kier alpha value is -2.63. The van der Waals surface area contributed by atoms with E-state index in [1.165, 1.54) is 11.1 Å². The van der Waals surface area contributed by atoms with Crippen molar-refractivity contribution >= 4 is 22.5 Å². The first-order chi connectivity index (χ1) is 13.7. The molecule has 1 N–H and O–H groups in total. The number of carbonyl (C=O) groups excluding carboxylic acids is 1. The Bertz CT molecular complexity index is 935. The van der Waals surface area contributed by atoms with Crippen molar-refractivity contribution in [2.24, 2.45) is 0 Å². The highest BCUT2D eigenvalue weighted by Crippen LogP contribution is 2.21. The maximum absolute atomic E-state index is 12.7. The highest BCUT2D eigenvalue weighted by molar-refractivity contribution is 5.96. The first kappa shape index (κ1) is 18.7. The summed E-state index contributed by atoms with van der Waals surface area (Å²) in [6, 6.07) is 18.5. The van der Waals surface area contributed by atoms with E-state index in [0.29, 0.717) is 13.2 Å². The molecule has 1 aliphatic rings. The van der Waals surface area contributed by atoms with Gasteiger partial charge in [0, 0.05) is 49.0 Å². The largest absolute Gasteiger partial charge is 0.366 e. The van der Waals surface area contributed by atoms with Gasteiger partial charge in [-0.1, -0.05) is 37.3 Å². The van der Waals surface area contributed by atoms with Gasteiger partial charge in [-0.3, -0.25) is 9.69 Å². The monoisotopic (exact) mass is 377 g/mol. The number of amides is 1. The molecule has 2 aromatic carbocycles. The van der Waals surface area contributed by atoms with Gasteiger partial charge in [0.05, 0.1) is 6.61 Å². The minimum Gasteiger partial charge on any atom is -0.366 e. The minimum atomic E-state index is -0.446. The Morgan fingerprint density at radius 1 is 1.18 bits per heavy atom. The van der Waals surface area contributed by atoms with E-state index in [-0.39, 0.29) is 5.91 Å². The first-order valence-corrected chi connectivity index (χ1v) is 10.0. The summed E-state index contributed by atoms with van der Waals surface area (Å²) in [6.07, 6.45) is 2.75. The summed E-state index contributed by atoms with van der Waals surface area (Å²) >= 11 is 0. The van der Waals surface area contributed by atoms with Gasteiger partial charge in [0.2, 0.25) is 0 Å². The van der Waals surface area contributed by atoms with Crippen molar-refractivity contribution in [3.8, 4) is 0 Å². The molecule has 28 heavy (non-hydrogen) atoms. The Balaban J connectivity index is 1.39. The van der Waals surface area contributed by atoms with E-state index >= 15 is 0 Å². The molecule has 1 aliphatic heterocycles. The molecule has 2 heterocycles. The second-order valence-corrected chi connectivity index (χ2v) is 7.35. The number of rotatable bonds is 6. The fourth-order valence-electron chi connectivity index (χ4n) is 3.78. The fraction of sp³-hybridized carbons (Fsp3) is 0.348. The SMILES string of the molecule is CCCn1ccc2cc(NC(=O)C3CN(Cc4ccccc4)CCO3)ccc21. The number of aromatic nitrogens is 1. The van der Waals surface area contributed by atoms with Crippen LogP contribution in [-0.2, 0) is 22.6 Å². The number of ether oxygens (including phenoxy) is 1. The molecule has 0 saturated carbocycles. The molecule has 1 unspecified atom stereocenters. The topological polar surface area (TPSA) is 46.5 Å². The Morgan fingerprint density at radius 3 is 2.86 bits per heavy atom. The lowest BCUT2D eigenvalue weighted by Gasteiger charge is -2.32. The molecule has 1 saturated heterocycles. The van der Waals surface area contributed by atoms with E-state index < -0.39 is 6.10 Å². The lowest BCUT2D eigenvalue weighted by molar-refractivity contribution is -0.133. The number of hydrogen-bond donors (Lipinski definition) is 1. The van der Waals surface area contributed by atoms with Crippen LogP contribution in [0, 0.1) is 0 Å². The number of fused-ring (bicyclic) bond motifs is 1. The molecule has 5 heteroatoms. The third-order valence-electron chi connectivity index (χ3n) is 5.20. The van der Waals surface area contributed by atoms with E-state index in [4.69, 9.17) is 4.74 Å². The summed E-state index contributed by atoms with van der Waals surface area (Å²) in [5, 5.41) is 4.17. The van der Waals surface area contributed by atoms with Gasteiger partial charge in [0.25, 0.3) is 5.91 Å². The molecule has 1 atom stereocenters. The summed E-state index contributed by atoms with van der Waals surface area (Å²) in [4.78, 5) is 15.0. The van der Waals surface area contributed by atoms with Gasteiger partial charge < -0.3 is 14.6 Å². The molecule has 146 valence electrons.